The van der Waals surface area contributed by atoms with E-state index >= 15 is 0 Å². The summed E-state index contributed by atoms with van der Waals surface area (Å²) in [7, 11) is 1.92. The number of carbonyl (C=O) groups excluding carboxylic acids is 1. The third-order valence-corrected chi connectivity index (χ3v) is 19.2. The van der Waals surface area contributed by atoms with Gasteiger partial charge in [-0.05, 0) is 93.0 Å². The van der Waals surface area contributed by atoms with E-state index in [1.165, 1.54) is 6.42 Å². The zero-order valence-corrected chi connectivity index (χ0v) is 40.3. The molecule has 0 radical (unpaired) electrons. The van der Waals surface area contributed by atoms with Crippen molar-refractivity contribution in [3.8, 4) is 11.4 Å². The second-order valence-electron chi connectivity index (χ2n) is 19.8. The van der Waals surface area contributed by atoms with Gasteiger partial charge in [0.2, 0.25) is 14.3 Å². The fourth-order valence-corrected chi connectivity index (χ4v) is 15.3. The van der Waals surface area contributed by atoms with E-state index in [-0.39, 0.29) is 23.6 Å². The van der Waals surface area contributed by atoms with E-state index in [1.807, 2.05) is 52.1 Å². The first-order valence-corrected chi connectivity index (χ1v) is 25.0. The maximum absolute atomic E-state index is 14.2. The first-order valence-electron chi connectivity index (χ1n) is 22.9. The molecule has 62 heavy (non-hydrogen) atoms. The van der Waals surface area contributed by atoms with Crippen LogP contribution in [0.2, 0.25) is 16.6 Å². The Morgan fingerprint density at radius 2 is 1.65 bits per heavy atom. The average molecular weight is 866 g/mol. The molecule has 1 aliphatic carbocycles. The highest BCUT2D eigenvalue weighted by Gasteiger charge is 2.45. The Hall–Kier alpha value is -4.73. The molecule has 336 valence electrons. The van der Waals surface area contributed by atoms with Crippen molar-refractivity contribution < 1.29 is 14.0 Å². The lowest BCUT2D eigenvalue weighted by Crippen LogP contribution is -2.47. The number of aromatic nitrogens is 7. The third kappa shape index (κ3) is 9.45. The zero-order valence-electron chi connectivity index (χ0n) is 39.3. The number of likely N-dealkylation sites (N-methyl/N-ethyl adjacent to an activating group) is 1. The van der Waals surface area contributed by atoms with Crippen molar-refractivity contribution >= 4 is 31.8 Å². The van der Waals surface area contributed by atoms with Crippen molar-refractivity contribution in [2.45, 2.75) is 155 Å². The fraction of sp³-hybridized carbons (Fsp3) is 0.596. The second kappa shape index (κ2) is 18.5. The van der Waals surface area contributed by atoms with Crippen LogP contribution >= 0.6 is 0 Å². The number of hydrogen-bond acceptors (Lipinski definition) is 9. The summed E-state index contributed by atoms with van der Waals surface area (Å²) in [6.45, 7) is 25.4. The van der Waals surface area contributed by atoms with Gasteiger partial charge >= 0.3 is 6.03 Å². The van der Waals surface area contributed by atoms with E-state index in [0.29, 0.717) is 48.1 Å². The minimum atomic E-state index is -2.21. The topological polar surface area (TPSA) is 132 Å². The normalized spacial score (nSPS) is 18.6. The predicted molar refractivity (Wildman–Crippen MR) is 250 cm³/mol. The van der Waals surface area contributed by atoms with Crippen LogP contribution in [0.15, 0.2) is 54.9 Å². The summed E-state index contributed by atoms with van der Waals surface area (Å²) >= 11 is 0. The first kappa shape index (κ1) is 45.3. The SMILES string of the molecule is CC(C)[Si](OCc1nn(CCN(C)C)cc1-n1nc(C(C)(C)C)cc1NC(=O)N[C@H]1CC[C@@H](Oc2ccc3nnc(N4CCCC[C@@H]4C)n3c2)c2ccccc21)(C(C)C)C(C)C. The first-order chi connectivity index (χ1) is 29.5. The van der Waals surface area contributed by atoms with Gasteiger partial charge in [0.1, 0.15) is 29.1 Å². The van der Waals surface area contributed by atoms with Crippen molar-refractivity contribution in [2.24, 2.45) is 0 Å². The van der Waals surface area contributed by atoms with E-state index < -0.39 is 8.32 Å². The Kier molecular flexibility index (Phi) is 13.5. The molecule has 15 heteroatoms. The number of ether oxygens (including phenoxy) is 1. The van der Waals surface area contributed by atoms with Gasteiger partial charge in [-0.15, -0.1) is 10.2 Å². The number of anilines is 2. The summed E-state index contributed by atoms with van der Waals surface area (Å²) in [5.41, 5.74) is 6.40. The van der Waals surface area contributed by atoms with E-state index in [2.05, 4.69) is 130 Å². The van der Waals surface area contributed by atoms with Gasteiger partial charge < -0.3 is 24.3 Å². The molecular weight excluding hydrogens is 795 g/mol. The van der Waals surface area contributed by atoms with Gasteiger partial charge in [-0.2, -0.15) is 10.2 Å². The molecule has 1 fully saturated rings. The molecule has 2 amide bonds. The van der Waals surface area contributed by atoms with Crippen molar-refractivity contribution in [2.75, 3.05) is 37.4 Å². The second-order valence-corrected chi connectivity index (χ2v) is 25.3. The van der Waals surface area contributed by atoms with Crippen LogP contribution in [0.5, 0.6) is 5.75 Å². The minimum Gasteiger partial charge on any atom is -0.484 e. The highest BCUT2D eigenvalue weighted by Crippen LogP contribution is 2.43. The molecule has 14 nitrogen and oxygen atoms in total. The van der Waals surface area contributed by atoms with Crippen LogP contribution in [-0.2, 0) is 23.0 Å². The van der Waals surface area contributed by atoms with Crippen LogP contribution in [0.1, 0.15) is 136 Å². The summed E-state index contributed by atoms with van der Waals surface area (Å²) in [5, 5.41) is 25.8. The number of nitrogens with zero attached hydrogens (tertiary/aromatic N) is 9. The summed E-state index contributed by atoms with van der Waals surface area (Å²) in [6.07, 6.45) is 8.86. The molecule has 1 aliphatic heterocycles. The van der Waals surface area contributed by atoms with Crippen LogP contribution < -0.4 is 20.3 Å². The molecular formula is C47H71N11O3Si. The van der Waals surface area contributed by atoms with Gasteiger partial charge in [-0.3, -0.25) is 14.4 Å². The number of hydrogen-bond donors (Lipinski definition) is 2. The Morgan fingerprint density at radius 3 is 2.32 bits per heavy atom. The van der Waals surface area contributed by atoms with Gasteiger partial charge in [0, 0.05) is 30.6 Å². The number of fused-ring (bicyclic) bond motifs is 2. The van der Waals surface area contributed by atoms with E-state index in [4.69, 9.17) is 19.4 Å². The van der Waals surface area contributed by atoms with Crippen LogP contribution in [0.3, 0.4) is 0 Å². The lowest BCUT2D eigenvalue weighted by molar-refractivity contribution is 0.171. The summed E-state index contributed by atoms with van der Waals surface area (Å²) in [5.74, 6) is 2.20. The number of nitrogens with one attached hydrogen (secondary N) is 2. The molecule has 3 atom stereocenters. The summed E-state index contributed by atoms with van der Waals surface area (Å²) < 4.78 is 19.8. The smallest absolute Gasteiger partial charge is 0.320 e. The standard InChI is InChI=1S/C47H71N11O3Si/c1-31(2)62(32(3)4,33(5)6)60-30-39-40(29-55(52-39)26-25-54(11)12)58-44(27-42(53-58)47(8,9)10)49-45(59)48-38-21-22-41(37-19-14-13-18-36(37)38)61-35-20-23-43-50-51-46(57(43)28-35)56-24-16-15-17-34(56)7/h13-14,18-20,23,27-29,31-34,38,41H,15-17,21-22,24-26,30H2,1-12H3,(H2,48,49,59)/t34-,38-,41+/m0/s1. The molecule has 1 aromatic carbocycles. The number of benzene rings is 1. The van der Waals surface area contributed by atoms with Crippen molar-refractivity contribution in [1.82, 2.24) is 44.4 Å². The maximum Gasteiger partial charge on any atom is 0.320 e. The van der Waals surface area contributed by atoms with Crippen molar-refractivity contribution in [3.63, 3.8) is 0 Å². The number of amides is 2. The Balaban J connectivity index is 1.13. The van der Waals surface area contributed by atoms with E-state index in [1.54, 1.807) is 0 Å². The monoisotopic (exact) mass is 866 g/mol. The number of pyridine rings is 1. The van der Waals surface area contributed by atoms with E-state index in [0.717, 1.165) is 77.9 Å². The lowest BCUT2D eigenvalue weighted by atomic mass is 9.85. The van der Waals surface area contributed by atoms with Gasteiger partial charge in [0.15, 0.2) is 5.65 Å². The molecule has 0 bridgehead atoms. The van der Waals surface area contributed by atoms with Crippen LogP contribution in [0.4, 0.5) is 16.6 Å². The lowest BCUT2D eigenvalue weighted by Gasteiger charge is -2.42. The molecule has 0 spiro atoms. The number of rotatable bonds is 15. The third-order valence-electron chi connectivity index (χ3n) is 13.1. The molecule has 0 unspecified atom stereocenters. The van der Waals surface area contributed by atoms with Crippen LogP contribution in [-0.4, -0.2) is 86.6 Å². The number of piperidine rings is 1. The molecule has 4 aromatic heterocycles. The van der Waals surface area contributed by atoms with Gasteiger partial charge in [0.05, 0.1) is 37.3 Å². The Labute approximate surface area is 369 Å². The Bertz CT molecular complexity index is 2280. The molecule has 0 saturated carbocycles. The number of carbonyl (C=O) groups is 1. The molecule has 1 saturated heterocycles. The molecule has 2 N–H and O–H groups in total. The quantitative estimate of drug-likeness (QED) is 0.0988. The summed E-state index contributed by atoms with van der Waals surface area (Å²) in [4.78, 5) is 18.7. The van der Waals surface area contributed by atoms with Gasteiger partial charge in [-0.1, -0.05) is 86.6 Å². The molecule has 5 heterocycles. The van der Waals surface area contributed by atoms with Crippen LogP contribution in [0.25, 0.3) is 11.3 Å². The fourth-order valence-electron chi connectivity index (χ4n) is 9.88. The molecule has 7 rings (SSSR count). The highest BCUT2D eigenvalue weighted by molar-refractivity contribution is 6.77. The molecule has 5 aromatic rings. The highest BCUT2D eigenvalue weighted by atomic mass is 28.4. The zero-order chi connectivity index (χ0) is 44.5. The Morgan fingerprint density at radius 1 is 0.919 bits per heavy atom. The van der Waals surface area contributed by atoms with E-state index in [9.17, 15) is 4.79 Å². The summed E-state index contributed by atoms with van der Waals surface area (Å²) in [6, 6.07) is 14.1. The van der Waals surface area contributed by atoms with Crippen molar-refractivity contribution in [1.29, 1.82) is 0 Å². The number of urea groups is 1. The molecule has 2 aliphatic rings. The van der Waals surface area contributed by atoms with Gasteiger partial charge in [-0.25, -0.2) is 9.48 Å². The van der Waals surface area contributed by atoms with Crippen molar-refractivity contribution in [3.05, 3.63) is 77.4 Å². The maximum atomic E-state index is 14.2. The van der Waals surface area contributed by atoms with Crippen LogP contribution in [0, 0.1) is 0 Å². The van der Waals surface area contributed by atoms with Gasteiger partial charge in [0.25, 0.3) is 0 Å². The largest absolute Gasteiger partial charge is 0.484 e. The minimum absolute atomic E-state index is 0.178. The predicted octanol–water partition coefficient (Wildman–Crippen LogP) is 9.82. The average Bonchev–Trinajstić information content (AvgIpc) is 3.95.